The van der Waals surface area contributed by atoms with Crippen molar-refractivity contribution in [1.29, 1.82) is 0 Å². The Kier molecular flexibility index (Phi) is 4.95. The monoisotopic (exact) mass is 428 g/mol. The number of para-hydroxylation sites is 1. The molecular formula is C24H18F2N6. The van der Waals surface area contributed by atoms with E-state index < -0.39 is 11.6 Å². The van der Waals surface area contributed by atoms with Crippen LogP contribution in [0.5, 0.6) is 0 Å². The molecule has 0 amide bonds. The fraction of sp³-hybridized carbons (Fsp3) is 0.0417. The predicted molar refractivity (Wildman–Crippen MR) is 120 cm³/mol. The Balaban J connectivity index is 1.69. The predicted octanol–water partition coefficient (Wildman–Crippen LogP) is 4.96. The van der Waals surface area contributed by atoms with E-state index in [2.05, 4.69) is 20.4 Å². The maximum Gasteiger partial charge on any atom is 0.225 e. The Bertz CT molecular complexity index is 1400. The fourth-order valence-electron chi connectivity index (χ4n) is 3.52. The number of fused-ring (bicyclic) bond motifs is 1. The van der Waals surface area contributed by atoms with Crippen molar-refractivity contribution in [2.24, 2.45) is 0 Å². The van der Waals surface area contributed by atoms with Gasteiger partial charge in [0.25, 0.3) is 0 Å². The topological polar surface area (TPSA) is 81.7 Å². The molecule has 0 aliphatic rings. The second kappa shape index (κ2) is 8.07. The SMILES string of the molecule is Nc1c2c(-c3cccc(F)c3F)nc(NCc3ccccc3)nc2nn1-c1ccccc1. The number of nitrogens with one attached hydrogen (secondary N) is 1. The molecule has 0 aliphatic carbocycles. The zero-order valence-electron chi connectivity index (χ0n) is 16.8. The third-order valence-electron chi connectivity index (χ3n) is 5.07. The molecule has 0 bridgehead atoms. The van der Waals surface area contributed by atoms with Crippen molar-refractivity contribution < 1.29 is 8.78 Å². The van der Waals surface area contributed by atoms with Crippen LogP contribution in [0.2, 0.25) is 0 Å². The van der Waals surface area contributed by atoms with Crippen molar-refractivity contribution in [1.82, 2.24) is 19.7 Å². The first kappa shape index (κ1) is 19.6. The van der Waals surface area contributed by atoms with Crippen LogP contribution < -0.4 is 11.1 Å². The molecule has 0 radical (unpaired) electrons. The average molecular weight is 428 g/mol. The Morgan fingerprint density at radius 1 is 0.844 bits per heavy atom. The number of hydrogen-bond donors (Lipinski definition) is 2. The lowest BCUT2D eigenvalue weighted by atomic mass is 10.1. The van der Waals surface area contributed by atoms with Crippen molar-refractivity contribution in [3.8, 4) is 16.9 Å². The molecule has 0 saturated carbocycles. The molecule has 0 aliphatic heterocycles. The van der Waals surface area contributed by atoms with Gasteiger partial charge in [-0.05, 0) is 29.8 Å². The van der Waals surface area contributed by atoms with E-state index in [0.29, 0.717) is 17.6 Å². The number of nitrogens with two attached hydrogens (primary N) is 1. The van der Waals surface area contributed by atoms with Gasteiger partial charge in [-0.15, -0.1) is 5.10 Å². The summed E-state index contributed by atoms with van der Waals surface area (Å²) in [4.78, 5) is 8.98. The number of nitrogens with zero attached hydrogens (tertiary/aromatic N) is 4. The van der Waals surface area contributed by atoms with E-state index in [0.717, 1.165) is 11.6 Å². The highest BCUT2D eigenvalue weighted by atomic mass is 19.2. The average Bonchev–Trinajstić information content (AvgIpc) is 3.17. The van der Waals surface area contributed by atoms with Crippen molar-refractivity contribution in [2.45, 2.75) is 6.54 Å². The summed E-state index contributed by atoms with van der Waals surface area (Å²) in [7, 11) is 0. The smallest absolute Gasteiger partial charge is 0.225 e. The molecule has 2 heterocycles. The quantitative estimate of drug-likeness (QED) is 0.414. The maximum atomic E-state index is 14.7. The van der Waals surface area contributed by atoms with Gasteiger partial charge in [-0.25, -0.2) is 18.4 Å². The molecule has 3 aromatic carbocycles. The third kappa shape index (κ3) is 3.51. The fourth-order valence-corrected chi connectivity index (χ4v) is 3.52. The minimum Gasteiger partial charge on any atom is -0.383 e. The molecule has 5 aromatic rings. The number of nitrogen functional groups attached to an aromatic ring is 1. The normalized spacial score (nSPS) is 11.1. The summed E-state index contributed by atoms with van der Waals surface area (Å²) in [6.07, 6.45) is 0. The van der Waals surface area contributed by atoms with Gasteiger partial charge in [-0.1, -0.05) is 54.6 Å². The lowest BCUT2D eigenvalue weighted by molar-refractivity contribution is 0.511. The molecule has 0 saturated heterocycles. The summed E-state index contributed by atoms with van der Waals surface area (Å²) in [5.41, 5.74) is 8.56. The molecule has 0 atom stereocenters. The summed E-state index contributed by atoms with van der Waals surface area (Å²) >= 11 is 0. The molecule has 2 aromatic heterocycles. The zero-order chi connectivity index (χ0) is 22.1. The molecule has 6 nitrogen and oxygen atoms in total. The van der Waals surface area contributed by atoms with Crippen LogP contribution in [0.1, 0.15) is 5.56 Å². The molecule has 32 heavy (non-hydrogen) atoms. The molecule has 0 fully saturated rings. The van der Waals surface area contributed by atoms with Crippen LogP contribution in [0.25, 0.3) is 28.0 Å². The highest BCUT2D eigenvalue weighted by molar-refractivity contribution is 5.99. The summed E-state index contributed by atoms with van der Waals surface area (Å²) in [6, 6.07) is 22.9. The van der Waals surface area contributed by atoms with Crippen LogP contribution in [0.4, 0.5) is 20.5 Å². The largest absolute Gasteiger partial charge is 0.383 e. The van der Waals surface area contributed by atoms with Crippen molar-refractivity contribution >= 4 is 22.8 Å². The van der Waals surface area contributed by atoms with Crippen LogP contribution in [0.15, 0.2) is 78.9 Å². The number of anilines is 2. The van der Waals surface area contributed by atoms with Crippen LogP contribution in [-0.4, -0.2) is 19.7 Å². The minimum absolute atomic E-state index is 0.0144. The lowest BCUT2D eigenvalue weighted by Gasteiger charge is -2.09. The first-order valence-corrected chi connectivity index (χ1v) is 9.95. The van der Waals surface area contributed by atoms with Crippen molar-refractivity contribution in [2.75, 3.05) is 11.1 Å². The summed E-state index contributed by atoms with van der Waals surface area (Å²) < 4.78 is 30.3. The Hall–Kier alpha value is -4.33. The lowest BCUT2D eigenvalue weighted by Crippen LogP contribution is -2.05. The van der Waals surface area contributed by atoms with Crippen molar-refractivity contribution in [3.63, 3.8) is 0 Å². The van der Waals surface area contributed by atoms with Gasteiger partial charge in [0.15, 0.2) is 17.3 Å². The molecule has 0 unspecified atom stereocenters. The van der Waals surface area contributed by atoms with Crippen LogP contribution in [0, 0.1) is 11.6 Å². The molecule has 158 valence electrons. The number of halogens is 2. The third-order valence-corrected chi connectivity index (χ3v) is 5.07. The minimum atomic E-state index is -1.01. The highest BCUT2D eigenvalue weighted by Crippen LogP contribution is 2.34. The van der Waals surface area contributed by atoms with Gasteiger partial charge < -0.3 is 11.1 Å². The van der Waals surface area contributed by atoms with Crippen molar-refractivity contribution in [3.05, 3.63) is 96.1 Å². The van der Waals surface area contributed by atoms with E-state index in [1.54, 1.807) is 0 Å². The van der Waals surface area contributed by atoms with Gasteiger partial charge in [0.05, 0.1) is 16.8 Å². The van der Waals surface area contributed by atoms with E-state index in [4.69, 9.17) is 5.73 Å². The highest BCUT2D eigenvalue weighted by Gasteiger charge is 2.22. The second-order valence-corrected chi connectivity index (χ2v) is 7.17. The van der Waals surface area contributed by atoms with Crippen LogP contribution >= 0.6 is 0 Å². The van der Waals surface area contributed by atoms with Gasteiger partial charge in [0, 0.05) is 12.1 Å². The van der Waals surface area contributed by atoms with E-state index >= 15 is 0 Å². The van der Waals surface area contributed by atoms with E-state index in [1.165, 1.54) is 16.8 Å². The number of hydrogen-bond acceptors (Lipinski definition) is 5. The van der Waals surface area contributed by atoms with E-state index in [1.807, 2.05) is 60.7 Å². The Labute approximate surface area is 182 Å². The Morgan fingerprint density at radius 3 is 2.31 bits per heavy atom. The first-order chi connectivity index (χ1) is 15.6. The van der Waals surface area contributed by atoms with E-state index in [-0.39, 0.29) is 28.7 Å². The number of aromatic nitrogens is 4. The zero-order valence-corrected chi connectivity index (χ0v) is 16.8. The van der Waals surface area contributed by atoms with Crippen LogP contribution in [0.3, 0.4) is 0 Å². The van der Waals surface area contributed by atoms with E-state index in [9.17, 15) is 8.78 Å². The first-order valence-electron chi connectivity index (χ1n) is 9.95. The van der Waals surface area contributed by atoms with Gasteiger partial charge >= 0.3 is 0 Å². The van der Waals surface area contributed by atoms with Gasteiger partial charge in [-0.3, -0.25) is 0 Å². The molecule has 8 heteroatoms. The van der Waals surface area contributed by atoms with Gasteiger partial charge in [0.2, 0.25) is 5.95 Å². The van der Waals surface area contributed by atoms with Gasteiger partial charge in [-0.2, -0.15) is 4.98 Å². The van der Waals surface area contributed by atoms with Gasteiger partial charge in [0.1, 0.15) is 5.82 Å². The number of rotatable bonds is 5. The second-order valence-electron chi connectivity index (χ2n) is 7.17. The summed E-state index contributed by atoms with van der Waals surface area (Å²) in [6.45, 7) is 0.451. The van der Waals surface area contributed by atoms with Crippen LogP contribution in [-0.2, 0) is 6.54 Å². The molecule has 3 N–H and O–H groups in total. The molecular weight excluding hydrogens is 410 g/mol. The maximum absolute atomic E-state index is 14.7. The molecule has 5 rings (SSSR count). The Morgan fingerprint density at radius 2 is 1.56 bits per heavy atom. The molecule has 0 spiro atoms. The standard InChI is InChI=1S/C24H18F2N6/c25-18-13-7-12-17(20(18)26)21-19-22(27)32(16-10-5-2-6-11-16)31-23(19)30-24(29-21)28-14-15-8-3-1-4-9-15/h1-13H,14,27H2,(H,28,30,31). The summed E-state index contributed by atoms with van der Waals surface area (Å²) in [5.74, 6) is -1.51. The summed E-state index contributed by atoms with van der Waals surface area (Å²) in [5, 5.41) is 8.01. The number of benzene rings is 3.